The van der Waals surface area contributed by atoms with Gasteiger partial charge in [-0.3, -0.25) is 14.2 Å². The van der Waals surface area contributed by atoms with Crippen LogP contribution in [-0.2, 0) is 6.54 Å². The molecule has 0 unspecified atom stereocenters. The monoisotopic (exact) mass is 317 g/mol. The molecule has 0 aliphatic carbocycles. The first-order valence-electron chi connectivity index (χ1n) is 7.89. The third-order valence-electron chi connectivity index (χ3n) is 4.05. The van der Waals surface area contributed by atoms with Crippen molar-refractivity contribution >= 4 is 5.78 Å². The predicted octanol–water partition coefficient (Wildman–Crippen LogP) is 4.07. The Morgan fingerprint density at radius 2 is 1.70 bits per heavy atom. The summed E-state index contributed by atoms with van der Waals surface area (Å²) in [5.74, 6) is -0.472. The third-order valence-corrected chi connectivity index (χ3v) is 4.05. The minimum atomic E-state index is -0.252. The minimum Gasteiger partial charge on any atom is -0.494 e. The highest BCUT2D eigenvalue weighted by atomic mass is 16.3. The van der Waals surface area contributed by atoms with Gasteiger partial charge in [-0.25, -0.2) is 0 Å². The number of rotatable bonds is 6. The Balaban J connectivity index is 3.12. The average Bonchev–Trinajstić information content (AvgIpc) is 2.44. The Bertz CT molecular complexity index is 717. The first kappa shape index (κ1) is 18.9. The Hall–Kier alpha value is -2.10. The molecule has 1 heterocycles. The number of carbonyl (C=O) groups excluding carboxylic acids is 1. The second-order valence-corrected chi connectivity index (χ2v) is 6.29. The maximum atomic E-state index is 12.4. The van der Waals surface area contributed by atoms with Crippen molar-refractivity contribution in [2.75, 3.05) is 0 Å². The number of aromatic nitrogens is 1. The van der Waals surface area contributed by atoms with Crippen LogP contribution in [0, 0.1) is 13.8 Å². The Labute approximate surface area is 138 Å². The molecule has 0 saturated heterocycles. The molecule has 0 atom stereocenters. The van der Waals surface area contributed by atoms with Gasteiger partial charge in [0, 0.05) is 12.1 Å². The molecule has 1 aromatic heterocycles. The van der Waals surface area contributed by atoms with Crippen LogP contribution in [0.15, 0.2) is 28.1 Å². The topological polar surface area (TPSA) is 59.3 Å². The van der Waals surface area contributed by atoms with Crippen LogP contribution in [-0.4, -0.2) is 15.5 Å². The van der Waals surface area contributed by atoms with Crippen LogP contribution in [0.3, 0.4) is 0 Å². The second-order valence-electron chi connectivity index (χ2n) is 6.29. The normalized spacial score (nSPS) is 11.5. The van der Waals surface area contributed by atoms with Crippen LogP contribution in [0.2, 0.25) is 0 Å². The zero-order chi connectivity index (χ0) is 17.7. The molecule has 23 heavy (non-hydrogen) atoms. The summed E-state index contributed by atoms with van der Waals surface area (Å²) in [6, 6.07) is 0. The summed E-state index contributed by atoms with van der Waals surface area (Å²) in [6.45, 7) is 11.2. The first-order valence-corrected chi connectivity index (χ1v) is 7.89. The van der Waals surface area contributed by atoms with Crippen molar-refractivity contribution in [1.82, 2.24) is 4.57 Å². The standard InChI is InChI=1S/C19H27NO3/c1-12(2)8-7-9-13(3)10-11-20-18(22)15(5)14(4)17(16(6)21)19(20)23/h8,10,23H,7,9,11H2,1-6H3/b13-10+. The van der Waals surface area contributed by atoms with E-state index in [4.69, 9.17) is 0 Å². The van der Waals surface area contributed by atoms with Gasteiger partial charge in [0.1, 0.15) is 0 Å². The van der Waals surface area contributed by atoms with Gasteiger partial charge in [0.15, 0.2) is 5.78 Å². The molecule has 0 bridgehead atoms. The Kier molecular flexibility index (Phi) is 6.55. The SMILES string of the molecule is CC(=O)c1c(C)c(C)c(=O)n(C/C=C(\C)CCC=C(C)C)c1O. The number of allylic oxidation sites excluding steroid dienone is 4. The highest BCUT2D eigenvalue weighted by molar-refractivity contribution is 5.97. The van der Waals surface area contributed by atoms with Gasteiger partial charge in [-0.2, -0.15) is 0 Å². The molecular formula is C19H27NO3. The Morgan fingerprint density at radius 1 is 1.09 bits per heavy atom. The minimum absolute atomic E-state index is 0.234. The molecule has 4 heteroatoms. The van der Waals surface area contributed by atoms with Gasteiger partial charge in [0.05, 0.1) is 5.56 Å². The average molecular weight is 317 g/mol. The number of carbonyl (C=O) groups is 1. The van der Waals surface area contributed by atoms with E-state index < -0.39 is 0 Å². The van der Waals surface area contributed by atoms with Crippen LogP contribution >= 0.6 is 0 Å². The van der Waals surface area contributed by atoms with E-state index in [0.717, 1.165) is 18.4 Å². The van der Waals surface area contributed by atoms with E-state index in [1.807, 2.05) is 13.0 Å². The number of pyridine rings is 1. The molecular weight excluding hydrogens is 290 g/mol. The zero-order valence-electron chi connectivity index (χ0n) is 15.0. The van der Waals surface area contributed by atoms with Gasteiger partial charge >= 0.3 is 0 Å². The second kappa shape index (κ2) is 7.95. The number of nitrogens with zero attached hydrogens (tertiary/aromatic N) is 1. The van der Waals surface area contributed by atoms with Gasteiger partial charge in [-0.1, -0.05) is 23.3 Å². The molecule has 0 fully saturated rings. The smallest absolute Gasteiger partial charge is 0.256 e. The van der Waals surface area contributed by atoms with Crippen molar-refractivity contribution in [2.24, 2.45) is 0 Å². The lowest BCUT2D eigenvalue weighted by Crippen LogP contribution is -2.25. The maximum Gasteiger partial charge on any atom is 0.256 e. The molecule has 0 radical (unpaired) electrons. The molecule has 0 saturated carbocycles. The number of hydrogen-bond donors (Lipinski definition) is 1. The van der Waals surface area contributed by atoms with Gasteiger partial charge in [-0.15, -0.1) is 0 Å². The number of Topliss-reactive ketones (excluding diaryl/α,β-unsaturated/α-hetero) is 1. The first-order chi connectivity index (χ1) is 10.7. The summed E-state index contributed by atoms with van der Waals surface area (Å²) in [5.41, 5.74) is 3.48. The third kappa shape index (κ3) is 4.68. The van der Waals surface area contributed by atoms with Crippen LogP contribution in [0.25, 0.3) is 0 Å². The fourth-order valence-electron chi connectivity index (χ4n) is 2.48. The molecule has 0 aliphatic heterocycles. The van der Waals surface area contributed by atoms with Crippen LogP contribution in [0.4, 0.5) is 0 Å². The van der Waals surface area contributed by atoms with E-state index in [9.17, 15) is 14.7 Å². The molecule has 4 nitrogen and oxygen atoms in total. The molecule has 126 valence electrons. The molecule has 0 spiro atoms. The van der Waals surface area contributed by atoms with Gasteiger partial charge in [-0.05, 0) is 59.9 Å². The van der Waals surface area contributed by atoms with Crippen molar-refractivity contribution in [3.05, 3.63) is 50.3 Å². The van der Waals surface area contributed by atoms with E-state index in [0.29, 0.717) is 11.1 Å². The van der Waals surface area contributed by atoms with E-state index in [1.165, 1.54) is 17.1 Å². The van der Waals surface area contributed by atoms with Crippen LogP contribution < -0.4 is 5.56 Å². The van der Waals surface area contributed by atoms with E-state index in [-0.39, 0.29) is 29.3 Å². The van der Waals surface area contributed by atoms with Crippen LogP contribution in [0.5, 0.6) is 5.88 Å². The van der Waals surface area contributed by atoms with Crippen molar-refractivity contribution in [2.45, 2.75) is 60.9 Å². The van der Waals surface area contributed by atoms with Gasteiger partial charge in [0.25, 0.3) is 5.56 Å². The van der Waals surface area contributed by atoms with Crippen LogP contribution in [0.1, 0.15) is 62.0 Å². The number of hydrogen-bond acceptors (Lipinski definition) is 3. The quantitative estimate of drug-likeness (QED) is 0.635. The molecule has 0 amide bonds. The lowest BCUT2D eigenvalue weighted by Gasteiger charge is -2.14. The molecule has 0 aromatic carbocycles. The molecule has 0 aliphatic rings. The lowest BCUT2D eigenvalue weighted by atomic mass is 10.0. The van der Waals surface area contributed by atoms with E-state index in [1.54, 1.807) is 13.8 Å². The van der Waals surface area contributed by atoms with Gasteiger partial charge < -0.3 is 5.11 Å². The maximum absolute atomic E-state index is 12.4. The lowest BCUT2D eigenvalue weighted by molar-refractivity contribution is 0.101. The molecule has 1 N–H and O–H groups in total. The summed E-state index contributed by atoms with van der Waals surface area (Å²) in [5, 5.41) is 10.3. The summed E-state index contributed by atoms with van der Waals surface area (Å²) >= 11 is 0. The summed E-state index contributed by atoms with van der Waals surface area (Å²) in [7, 11) is 0. The molecule has 1 aromatic rings. The van der Waals surface area contributed by atoms with Crippen molar-refractivity contribution in [3.8, 4) is 5.88 Å². The summed E-state index contributed by atoms with van der Waals surface area (Å²) in [6.07, 6.45) is 5.96. The zero-order valence-corrected chi connectivity index (χ0v) is 15.0. The fourth-order valence-corrected chi connectivity index (χ4v) is 2.48. The highest BCUT2D eigenvalue weighted by Crippen LogP contribution is 2.22. The summed E-state index contributed by atoms with van der Waals surface area (Å²) < 4.78 is 1.27. The Morgan fingerprint density at radius 3 is 2.22 bits per heavy atom. The van der Waals surface area contributed by atoms with E-state index in [2.05, 4.69) is 19.9 Å². The molecule has 1 rings (SSSR count). The van der Waals surface area contributed by atoms with Gasteiger partial charge in [0.2, 0.25) is 5.88 Å². The highest BCUT2D eigenvalue weighted by Gasteiger charge is 2.18. The summed E-state index contributed by atoms with van der Waals surface area (Å²) in [4.78, 5) is 24.1. The van der Waals surface area contributed by atoms with Crippen molar-refractivity contribution in [1.29, 1.82) is 0 Å². The predicted molar refractivity (Wildman–Crippen MR) is 94.3 cm³/mol. The van der Waals surface area contributed by atoms with Crippen molar-refractivity contribution < 1.29 is 9.90 Å². The van der Waals surface area contributed by atoms with E-state index >= 15 is 0 Å². The number of aromatic hydroxyl groups is 1. The number of ketones is 1. The fraction of sp³-hybridized carbons (Fsp3) is 0.474. The largest absolute Gasteiger partial charge is 0.494 e. The van der Waals surface area contributed by atoms with Crippen molar-refractivity contribution in [3.63, 3.8) is 0 Å².